The Morgan fingerprint density at radius 2 is 1.58 bits per heavy atom. The van der Waals surface area contributed by atoms with Gasteiger partial charge in [0.25, 0.3) is 0 Å². The smallest absolute Gasteiger partial charge is 0.207 e. The first-order valence-electron chi connectivity index (χ1n) is 7.99. The molecule has 0 amide bonds. The molecule has 0 bridgehead atoms. The van der Waals surface area contributed by atoms with Crippen molar-refractivity contribution in [2.24, 2.45) is 0 Å². The van der Waals surface area contributed by atoms with Crippen molar-refractivity contribution in [2.75, 3.05) is 13.1 Å². The number of aromatic nitrogens is 3. The molecule has 4 rings (SSSR count). The van der Waals surface area contributed by atoms with Crippen LogP contribution in [0.4, 0.5) is 0 Å². The summed E-state index contributed by atoms with van der Waals surface area (Å²) in [5, 5.41) is 10.3. The van der Waals surface area contributed by atoms with Gasteiger partial charge in [-0.2, -0.15) is 19.3 Å². The summed E-state index contributed by atoms with van der Waals surface area (Å²) in [5.41, 5.74) is 0. The van der Waals surface area contributed by atoms with E-state index in [1.807, 2.05) is 30.3 Å². The first-order chi connectivity index (χ1) is 11.6. The zero-order chi connectivity index (χ0) is 16.6. The second-order valence-corrected chi connectivity index (χ2v) is 7.93. The lowest BCUT2D eigenvalue weighted by Gasteiger charge is -2.30. The maximum atomic E-state index is 12.9. The van der Waals surface area contributed by atoms with Crippen molar-refractivity contribution in [2.45, 2.75) is 23.8 Å². The summed E-state index contributed by atoms with van der Waals surface area (Å²) in [6, 6.07) is 13.3. The van der Waals surface area contributed by atoms with Crippen LogP contribution in [-0.4, -0.2) is 40.8 Å². The van der Waals surface area contributed by atoms with Crippen molar-refractivity contribution in [3.05, 3.63) is 54.9 Å². The van der Waals surface area contributed by atoms with Gasteiger partial charge >= 0.3 is 0 Å². The molecule has 7 heteroatoms. The average molecular weight is 342 g/mol. The summed E-state index contributed by atoms with van der Waals surface area (Å²) in [6.07, 6.45) is 4.75. The lowest BCUT2D eigenvalue weighted by atomic mass is 10.1. The van der Waals surface area contributed by atoms with Crippen molar-refractivity contribution in [1.82, 2.24) is 19.3 Å². The van der Waals surface area contributed by atoms with E-state index in [0.717, 1.165) is 23.6 Å². The molecule has 0 aliphatic carbocycles. The summed E-state index contributed by atoms with van der Waals surface area (Å²) in [7, 11) is -3.46. The highest BCUT2D eigenvalue weighted by Gasteiger charge is 2.30. The van der Waals surface area contributed by atoms with Crippen LogP contribution in [-0.2, 0) is 10.0 Å². The van der Waals surface area contributed by atoms with E-state index in [1.165, 1.54) is 0 Å². The van der Waals surface area contributed by atoms with E-state index in [-0.39, 0.29) is 6.04 Å². The molecule has 1 saturated heterocycles. The Morgan fingerprint density at radius 3 is 2.29 bits per heavy atom. The van der Waals surface area contributed by atoms with E-state index in [4.69, 9.17) is 0 Å². The number of benzene rings is 2. The third-order valence-electron chi connectivity index (χ3n) is 4.55. The highest BCUT2D eigenvalue weighted by Crippen LogP contribution is 2.27. The number of nitrogens with zero attached hydrogens (tertiary/aromatic N) is 4. The van der Waals surface area contributed by atoms with Gasteiger partial charge in [0.1, 0.15) is 0 Å². The summed E-state index contributed by atoms with van der Waals surface area (Å²) in [4.78, 5) is 2.04. The van der Waals surface area contributed by atoms with Crippen LogP contribution in [0.25, 0.3) is 10.8 Å². The van der Waals surface area contributed by atoms with Gasteiger partial charge in [-0.15, -0.1) is 0 Å². The Kier molecular flexibility index (Phi) is 3.82. The van der Waals surface area contributed by atoms with E-state index in [2.05, 4.69) is 10.2 Å². The van der Waals surface area contributed by atoms with Crippen LogP contribution in [0.15, 0.2) is 59.8 Å². The van der Waals surface area contributed by atoms with Gasteiger partial charge in [0.15, 0.2) is 0 Å². The van der Waals surface area contributed by atoms with E-state index < -0.39 is 10.0 Å². The van der Waals surface area contributed by atoms with E-state index in [0.29, 0.717) is 18.0 Å². The van der Waals surface area contributed by atoms with Gasteiger partial charge in [0, 0.05) is 13.1 Å². The minimum Gasteiger partial charge on any atom is -0.207 e. The van der Waals surface area contributed by atoms with Crippen molar-refractivity contribution >= 4 is 20.8 Å². The Labute approximate surface area is 140 Å². The van der Waals surface area contributed by atoms with Crippen LogP contribution in [0.3, 0.4) is 0 Å². The summed E-state index contributed by atoms with van der Waals surface area (Å²) < 4.78 is 27.4. The molecule has 3 aromatic rings. The van der Waals surface area contributed by atoms with E-state index in [1.54, 1.807) is 33.6 Å². The molecule has 2 heterocycles. The quantitative estimate of drug-likeness (QED) is 0.733. The molecule has 124 valence electrons. The highest BCUT2D eigenvalue weighted by molar-refractivity contribution is 7.89. The fraction of sp³-hybridized carbons (Fsp3) is 0.294. The molecule has 0 N–H and O–H groups in total. The minimum atomic E-state index is -3.46. The number of rotatable bonds is 3. The van der Waals surface area contributed by atoms with Crippen LogP contribution in [0.5, 0.6) is 0 Å². The van der Waals surface area contributed by atoms with E-state index in [9.17, 15) is 8.42 Å². The largest absolute Gasteiger partial charge is 0.243 e. The number of sulfonamides is 1. The van der Waals surface area contributed by atoms with Gasteiger partial charge in [-0.1, -0.05) is 30.3 Å². The fourth-order valence-electron chi connectivity index (χ4n) is 3.21. The van der Waals surface area contributed by atoms with Crippen LogP contribution >= 0.6 is 0 Å². The molecular weight excluding hydrogens is 324 g/mol. The van der Waals surface area contributed by atoms with Gasteiger partial charge in [-0.3, -0.25) is 0 Å². The third kappa shape index (κ3) is 2.70. The lowest BCUT2D eigenvalue weighted by molar-refractivity contribution is 0.245. The number of hydrogen-bond acceptors (Lipinski definition) is 4. The molecule has 0 radical (unpaired) electrons. The fourth-order valence-corrected chi connectivity index (χ4v) is 4.71. The van der Waals surface area contributed by atoms with Gasteiger partial charge in [0.2, 0.25) is 10.0 Å². The van der Waals surface area contributed by atoms with Crippen LogP contribution < -0.4 is 0 Å². The normalized spacial score (nSPS) is 17.3. The maximum absolute atomic E-state index is 12.9. The highest BCUT2D eigenvalue weighted by atomic mass is 32.2. The second kappa shape index (κ2) is 5.99. The van der Waals surface area contributed by atoms with Crippen molar-refractivity contribution in [1.29, 1.82) is 0 Å². The lowest BCUT2D eigenvalue weighted by Crippen LogP contribution is -2.39. The second-order valence-electron chi connectivity index (χ2n) is 5.99. The van der Waals surface area contributed by atoms with Gasteiger partial charge < -0.3 is 0 Å². The monoisotopic (exact) mass is 342 g/mol. The molecule has 0 unspecified atom stereocenters. The van der Waals surface area contributed by atoms with Gasteiger partial charge in [-0.25, -0.2) is 8.42 Å². The number of hydrogen-bond donors (Lipinski definition) is 0. The van der Waals surface area contributed by atoms with Crippen molar-refractivity contribution < 1.29 is 8.42 Å². The van der Waals surface area contributed by atoms with Gasteiger partial charge in [0.05, 0.1) is 23.3 Å². The summed E-state index contributed by atoms with van der Waals surface area (Å²) >= 11 is 0. The third-order valence-corrected chi connectivity index (χ3v) is 6.44. The van der Waals surface area contributed by atoms with E-state index >= 15 is 0 Å². The molecule has 1 aromatic heterocycles. The van der Waals surface area contributed by atoms with Crippen LogP contribution in [0, 0.1) is 0 Å². The molecule has 2 aromatic carbocycles. The molecule has 0 spiro atoms. The predicted octanol–water partition coefficient (Wildman–Crippen LogP) is 2.46. The maximum Gasteiger partial charge on any atom is 0.243 e. The SMILES string of the molecule is O=S(=O)(c1ccc2ccccc2c1)N1CCC(n2nccn2)CC1. The Hall–Kier alpha value is -2.25. The minimum absolute atomic E-state index is 0.169. The first kappa shape index (κ1) is 15.3. The van der Waals surface area contributed by atoms with Crippen molar-refractivity contribution in [3.8, 4) is 0 Å². The number of piperidine rings is 1. The zero-order valence-corrected chi connectivity index (χ0v) is 13.9. The topological polar surface area (TPSA) is 68.1 Å². The zero-order valence-electron chi connectivity index (χ0n) is 13.1. The Bertz CT molecular complexity index is 946. The summed E-state index contributed by atoms with van der Waals surface area (Å²) in [5.74, 6) is 0. The molecule has 1 aliphatic heterocycles. The molecule has 1 fully saturated rings. The molecule has 24 heavy (non-hydrogen) atoms. The molecule has 6 nitrogen and oxygen atoms in total. The summed E-state index contributed by atoms with van der Waals surface area (Å²) in [6.45, 7) is 0.975. The first-order valence-corrected chi connectivity index (χ1v) is 9.43. The molecule has 0 atom stereocenters. The Balaban J connectivity index is 1.56. The van der Waals surface area contributed by atoms with Crippen LogP contribution in [0.1, 0.15) is 18.9 Å². The molecule has 0 saturated carbocycles. The average Bonchev–Trinajstić information content (AvgIpc) is 3.16. The molecule has 1 aliphatic rings. The standard InChI is InChI=1S/C17H18N4O2S/c22-24(23,17-6-5-14-3-1-2-4-15(14)13-17)20-11-7-16(8-12-20)21-18-9-10-19-21/h1-6,9-10,13,16H,7-8,11-12H2. The Morgan fingerprint density at radius 1 is 0.917 bits per heavy atom. The molecular formula is C17H18N4O2S. The van der Waals surface area contributed by atoms with Crippen molar-refractivity contribution in [3.63, 3.8) is 0 Å². The predicted molar refractivity (Wildman–Crippen MR) is 91.0 cm³/mol. The number of fused-ring (bicyclic) bond motifs is 1. The van der Waals surface area contributed by atoms with Crippen LogP contribution in [0.2, 0.25) is 0 Å². The van der Waals surface area contributed by atoms with Gasteiger partial charge in [-0.05, 0) is 35.7 Å².